The summed E-state index contributed by atoms with van der Waals surface area (Å²) in [4.78, 5) is 12.1. The highest BCUT2D eigenvalue weighted by molar-refractivity contribution is 8.00. The zero-order chi connectivity index (χ0) is 15.5. The number of nitrogens with one attached hydrogen (secondary N) is 2. The van der Waals surface area contributed by atoms with Gasteiger partial charge < -0.3 is 15.7 Å². The Kier molecular flexibility index (Phi) is 5.83. The molecule has 0 saturated heterocycles. The van der Waals surface area contributed by atoms with Crippen molar-refractivity contribution < 1.29 is 9.90 Å². The number of hydrogen-bond donors (Lipinski definition) is 3. The third-order valence-corrected chi connectivity index (χ3v) is 6.61. The number of amides is 2. The van der Waals surface area contributed by atoms with Crippen molar-refractivity contribution in [1.29, 1.82) is 0 Å². The zero-order valence-corrected chi connectivity index (χ0v) is 14.3. The summed E-state index contributed by atoms with van der Waals surface area (Å²) >= 11 is 1.79. The minimum atomic E-state index is -0.707. The van der Waals surface area contributed by atoms with Crippen molar-refractivity contribution >= 4 is 17.8 Å². The van der Waals surface area contributed by atoms with Gasteiger partial charge in [-0.15, -0.1) is 0 Å². The fourth-order valence-electron chi connectivity index (χ4n) is 3.64. The summed E-state index contributed by atoms with van der Waals surface area (Å²) in [5.74, 6) is 2.08. The lowest BCUT2D eigenvalue weighted by molar-refractivity contribution is -0.0211. The molecule has 0 bridgehead atoms. The zero-order valence-electron chi connectivity index (χ0n) is 13.5. The van der Waals surface area contributed by atoms with Crippen molar-refractivity contribution in [2.75, 3.05) is 12.3 Å². The van der Waals surface area contributed by atoms with Crippen LogP contribution >= 0.6 is 11.8 Å². The topological polar surface area (TPSA) is 61.4 Å². The van der Waals surface area contributed by atoms with E-state index in [0.29, 0.717) is 18.4 Å². The highest BCUT2D eigenvalue weighted by Crippen LogP contribution is 2.40. The molecule has 2 aliphatic carbocycles. The van der Waals surface area contributed by atoms with Gasteiger partial charge in [-0.2, -0.15) is 11.8 Å². The molecular formula is C16H30N2O2S. The molecule has 0 aliphatic heterocycles. The van der Waals surface area contributed by atoms with Gasteiger partial charge in [0.25, 0.3) is 0 Å². The van der Waals surface area contributed by atoms with Gasteiger partial charge in [-0.05, 0) is 43.3 Å². The lowest BCUT2D eigenvalue weighted by atomic mass is 9.78. The summed E-state index contributed by atoms with van der Waals surface area (Å²) in [5.41, 5.74) is -0.707. The van der Waals surface area contributed by atoms with Gasteiger partial charge in [0.2, 0.25) is 0 Å². The van der Waals surface area contributed by atoms with Gasteiger partial charge in [0, 0.05) is 17.8 Å². The molecule has 1 unspecified atom stereocenters. The monoisotopic (exact) mass is 314 g/mol. The van der Waals surface area contributed by atoms with Crippen LogP contribution in [0.4, 0.5) is 4.79 Å². The van der Waals surface area contributed by atoms with Crippen molar-refractivity contribution in [3.8, 4) is 0 Å². The predicted octanol–water partition coefficient (Wildman–Crippen LogP) is 2.76. The molecule has 4 nitrogen and oxygen atoms in total. The molecule has 122 valence electrons. The number of thioether (sulfide) groups is 1. The molecule has 5 heteroatoms. The summed E-state index contributed by atoms with van der Waals surface area (Å²) in [5, 5.41) is 16.8. The van der Waals surface area contributed by atoms with E-state index in [1.165, 1.54) is 19.3 Å². The maximum Gasteiger partial charge on any atom is 0.315 e. The van der Waals surface area contributed by atoms with Crippen molar-refractivity contribution in [1.82, 2.24) is 10.6 Å². The number of urea groups is 1. The molecule has 5 atom stereocenters. The number of aliphatic hydroxyl groups is 1. The fraction of sp³-hybridized carbons (Fsp3) is 0.938. The first kappa shape index (κ1) is 16.9. The molecule has 0 heterocycles. The van der Waals surface area contributed by atoms with Crippen molar-refractivity contribution in [2.45, 2.75) is 69.8 Å². The van der Waals surface area contributed by atoms with Crippen molar-refractivity contribution in [2.24, 2.45) is 11.8 Å². The second-order valence-corrected chi connectivity index (χ2v) is 8.30. The molecule has 2 aliphatic rings. The van der Waals surface area contributed by atoms with Crippen LogP contribution < -0.4 is 10.6 Å². The number of carbonyl (C=O) groups excluding carboxylic acids is 1. The minimum Gasteiger partial charge on any atom is -0.387 e. The highest BCUT2D eigenvalue weighted by atomic mass is 32.2. The SMILES string of the molecule is CCS[C@@H]1CC[C@]1(O)CNC(=O)NC1[C@H](C)CCC[C@@H]1C. The fourth-order valence-corrected chi connectivity index (χ4v) is 4.84. The molecule has 0 radical (unpaired) electrons. The molecule has 0 aromatic heterocycles. The molecule has 0 spiro atoms. The predicted molar refractivity (Wildman–Crippen MR) is 88.6 cm³/mol. The standard InChI is InChI=1S/C16H30N2O2S/c1-4-21-13-8-9-16(13,20)10-17-15(19)18-14-11(2)6-5-7-12(14)3/h11-14,20H,4-10H2,1-3H3,(H2,17,18,19)/t11-,12+,13-,14?,16+/m1/s1. The lowest BCUT2D eigenvalue weighted by Crippen LogP contribution is -2.59. The van der Waals surface area contributed by atoms with Crippen LogP contribution in [0.5, 0.6) is 0 Å². The first-order chi connectivity index (χ1) is 9.96. The van der Waals surface area contributed by atoms with Crippen LogP contribution in [0, 0.1) is 11.8 Å². The van der Waals surface area contributed by atoms with Gasteiger partial charge in [0.1, 0.15) is 0 Å². The minimum absolute atomic E-state index is 0.124. The normalized spacial score (nSPS) is 39.4. The second-order valence-electron chi connectivity index (χ2n) is 6.82. The number of rotatable bonds is 5. The quantitative estimate of drug-likeness (QED) is 0.731. The van der Waals surface area contributed by atoms with Crippen LogP contribution in [0.2, 0.25) is 0 Å². The largest absolute Gasteiger partial charge is 0.387 e. The Morgan fingerprint density at radius 3 is 2.48 bits per heavy atom. The molecule has 2 saturated carbocycles. The summed E-state index contributed by atoms with van der Waals surface area (Å²) < 4.78 is 0. The molecule has 21 heavy (non-hydrogen) atoms. The molecular weight excluding hydrogens is 284 g/mol. The van der Waals surface area contributed by atoms with E-state index in [-0.39, 0.29) is 17.3 Å². The Hall–Kier alpha value is -0.420. The van der Waals surface area contributed by atoms with Crippen LogP contribution in [-0.4, -0.2) is 40.3 Å². The smallest absolute Gasteiger partial charge is 0.315 e. The van der Waals surface area contributed by atoms with Gasteiger partial charge >= 0.3 is 6.03 Å². The van der Waals surface area contributed by atoms with E-state index < -0.39 is 5.60 Å². The van der Waals surface area contributed by atoms with Crippen molar-refractivity contribution in [3.63, 3.8) is 0 Å². The van der Waals surface area contributed by atoms with Crippen LogP contribution in [0.3, 0.4) is 0 Å². The first-order valence-corrected chi connectivity index (χ1v) is 9.39. The first-order valence-electron chi connectivity index (χ1n) is 8.34. The highest BCUT2D eigenvalue weighted by Gasteiger charge is 2.45. The van der Waals surface area contributed by atoms with E-state index in [4.69, 9.17) is 0 Å². The van der Waals surface area contributed by atoms with E-state index >= 15 is 0 Å². The Morgan fingerprint density at radius 1 is 1.29 bits per heavy atom. The third-order valence-electron chi connectivity index (χ3n) is 5.20. The van der Waals surface area contributed by atoms with Crippen molar-refractivity contribution in [3.05, 3.63) is 0 Å². The van der Waals surface area contributed by atoms with Gasteiger partial charge in [-0.3, -0.25) is 0 Å². The van der Waals surface area contributed by atoms with E-state index in [1.54, 1.807) is 11.8 Å². The summed E-state index contributed by atoms with van der Waals surface area (Å²) in [6, 6.07) is 0.136. The van der Waals surface area contributed by atoms with E-state index in [9.17, 15) is 9.90 Å². The van der Waals surface area contributed by atoms with E-state index in [2.05, 4.69) is 31.4 Å². The van der Waals surface area contributed by atoms with Gasteiger partial charge in [-0.1, -0.05) is 27.2 Å². The average molecular weight is 314 g/mol. The maximum atomic E-state index is 12.1. The maximum absolute atomic E-state index is 12.1. The Balaban J connectivity index is 1.77. The Morgan fingerprint density at radius 2 is 1.95 bits per heavy atom. The van der Waals surface area contributed by atoms with Crippen LogP contribution in [0.25, 0.3) is 0 Å². The van der Waals surface area contributed by atoms with Crippen LogP contribution in [-0.2, 0) is 0 Å². The Bertz CT molecular complexity index is 356. The summed E-state index contributed by atoms with van der Waals surface area (Å²) in [6.45, 7) is 6.91. The average Bonchev–Trinajstić information content (AvgIpc) is 2.45. The molecule has 0 aromatic rings. The summed E-state index contributed by atoms with van der Waals surface area (Å²) in [7, 11) is 0. The van der Waals surface area contributed by atoms with Gasteiger partial charge in [0.15, 0.2) is 0 Å². The molecule has 2 amide bonds. The molecule has 2 fully saturated rings. The summed E-state index contributed by atoms with van der Waals surface area (Å²) in [6.07, 6.45) is 5.48. The number of carbonyl (C=O) groups is 1. The molecule has 3 N–H and O–H groups in total. The third kappa shape index (κ3) is 4.07. The van der Waals surface area contributed by atoms with Crippen LogP contribution in [0.1, 0.15) is 52.9 Å². The molecule has 0 aromatic carbocycles. The van der Waals surface area contributed by atoms with Gasteiger partial charge in [0.05, 0.1) is 5.60 Å². The number of hydrogen-bond acceptors (Lipinski definition) is 3. The Labute approximate surface area is 132 Å². The molecule has 2 rings (SSSR count). The van der Waals surface area contributed by atoms with Crippen LogP contribution in [0.15, 0.2) is 0 Å². The van der Waals surface area contributed by atoms with Gasteiger partial charge in [-0.25, -0.2) is 4.79 Å². The van der Waals surface area contributed by atoms with E-state index in [1.807, 2.05) is 0 Å². The second kappa shape index (κ2) is 7.23. The lowest BCUT2D eigenvalue weighted by Gasteiger charge is -2.45. The van der Waals surface area contributed by atoms with E-state index in [0.717, 1.165) is 18.6 Å².